The van der Waals surface area contributed by atoms with Gasteiger partial charge < -0.3 is 5.32 Å². The molecule has 2 fully saturated rings. The Kier molecular flexibility index (Phi) is 1.17. The summed E-state index contributed by atoms with van der Waals surface area (Å²) in [7, 11) is 0. The zero-order valence-corrected chi connectivity index (χ0v) is 7.15. The van der Waals surface area contributed by atoms with Gasteiger partial charge in [0.05, 0.1) is 0 Å². The van der Waals surface area contributed by atoms with Crippen molar-refractivity contribution in [1.29, 1.82) is 0 Å². The third kappa shape index (κ3) is 0.800. The van der Waals surface area contributed by atoms with Gasteiger partial charge in [-0.25, -0.2) is 0 Å². The van der Waals surface area contributed by atoms with Crippen LogP contribution >= 0.6 is 0 Å². The molecule has 0 radical (unpaired) electrons. The van der Waals surface area contributed by atoms with Gasteiger partial charge in [-0.15, -0.1) is 0 Å². The molecule has 1 saturated heterocycles. The molecule has 58 valence electrons. The van der Waals surface area contributed by atoms with Crippen LogP contribution in [0.2, 0.25) is 0 Å². The van der Waals surface area contributed by atoms with Crippen molar-refractivity contribution >= 4 is 0 Å². The molecule has 1 aliphatic heterocycles. The number of hydrogen-bond acceptors (Lipinski definition) is 1. The maximum absolute atomic E-state index is 3.55. The Labute approximate surface area is 63.2 Å². The lowest BCUT2D eigenvalue weighted by molar-refractivity contribution is 0.306. The highest BCUT2D eigenvalue weighted by Crippen LogP contribution is 2.54. The number of fused-ring (bicyclic) bond motifs is 1. The summed E-state index contributed by atoms with van der Waals surface area (Å²) in [6.45, 7) is 8.34. The van der Waals surface area contributed by atoms with Crippen LogP contribution in [0.15, 0.2) is 0 Å². The van der Waals surface area contributed by atoms with Crippen molar-refractivity contribution < 1.29 is 0 Å². The molecule has 1 N–H and O–H groups in total. The first-order valence-corrected chi connectivity index (χ1v) is 4.34. The van der Waals surface area contributed by atoms with Crippen LogP contribution in [0, 0.1) is 17.3 Å². The molecule has 10 heavy (non-hydrogen) atoms. The van der Waals surface area contributed by atoms with E-state index >= 15 is 0 Å². The minimum absolute atomic E-state index is 0.544. The maximum atomic E-state index is 3.55. The van der Waals surface area contributed by atoms with E-state index in [4.69, 9.17) is 0 Å². The van der Waals surface area contributed by atoms with E-state index < -0.39 is 0 Å². The smallest absolute Gasteiger partial charge is 0.0136 e. The van der Waals surface area contributed by atoms with Crippen molar-refractivity contribution in [3.8, 4) is 0 Å². The van der Waals surface area contributed by atoms with Crippen LogP contribution < -0.4 is 5.32 Å². The lowest BCUT2D eigenvalue weighted by atomic mass is 9.87. The second-order valence-electron chi connectivity index (χ2n) is 4.82. The third-order valence-corrected chi connectivity index (χ3v) is 3.03. The van der Waals surface area contributed by atoms with Gasteiger partial charge in [-0.2, -0.15) is 0 Å². The Hall–Kier alpha value is -0.0400. The van der Waals surface area contributed by atoms with Gasteiger partial charge in [0.25, 0.3) is 0 Å². The summed E-state index contributed by atoms with van der Waals surface area (Å²) in [6, 6.07) is 0.889. The Morgan fingerprint density at radius 3 is 2.30 bits per heavy atom. The monoisotopic (exact) mass is 139 g/mol. The van der Waals surface area contributed by atoms with Gasteiger partial charge >= 0.3 is 0 Å². The van der Waals surface area contributed by atoms with Crippen LogP contribution in [0.4, 0.5) is 0 Å². The van der Waals surface area contributed by atoms with Crippen molar-refractivity contribution in [2.24, 2.45) is 17.3 Å². The highest BCUT2D eigenvalue weighted by atomic mass is 15.0. The fourth-order valence-electron chi connectivity index (χ4n) is 2.61. The highest BCUT2D eigenvalue weighted by molar-refractivity contribution is 5.11. The molecule has 3 atom stereocenters. The summed E-state index contributed by atoms with van der Waals surface area (Å²) in [5, 5.41) is 3.55. The molecule has 1 aliphatic carbocycles. The quantitative estimate of drug-likeness (QED) is 0.538. The van der Waals surface area contributed by atoms with E-state index in [0.717, 1.165) is 17.9 Å². The second-order valence-corrected chi connectivity index (χ2v) is 4.82. The number of piperidine rings is 1. The summed E-state index contributed by atoms with van der Waals surface area (Å²) in [5.74, 6) is 2.00. The molecule has 0 bridgehead atoms. The van der Waals surface area contributed by atoms with E-state index in [9.17, 15) is 0 Å². The molecule has 1 heterocycles. The minimum atomic E-state index is 0.544. The van der Waals surface area contributed by atoms with E-state index in [2.05, 4.69) is 26.1 Å². The molecule has 1 nitrogen and oxygen atoms in total. The third-order valence-electron chi connectivity index (χ3n) is 3.03. The van der Waals surface area contributed by atoms with Gasteiger partial charge in [-0.05, 0) is 30.2 Å². The van der Waals surface area contributed by atoms with E-state index in [1.807, 2.05) is 0 Å². The van der Waals surface area contributed by atoms with Crippen molar-refractivity contribution in [2.75, 3.05) is 6.54 Å². The van der Waals surface area contributed by atoms with Crippen LogP contribution in [0.3, 0.4) is 0 Å². The summed E-state index contributed by atoms with van der Waals surface area (Å²) in [5.41, 5.74) is 0.544. The standard InChI is InChI=1S/C9H17N/c1-9(2,3)7-6-4-5-10-8(6)7/h6-8,10H,4-5H2,1-3H3. The number of hydrogen-bond donors (Lipinski definition) is 1. The fourth-order valence-corrected chi connectivity index (χ4v) is 2.61. The molecule has 1 saturated carbocycles. The SMILES string of the molecule is CC(C)(C)C1C2CCNC21. The maximum Gasteiger partial charge on any atom is 0.0136 e. The Morgan fingerprint density at radius 2 is 2.00 bits per heavy atom. The molecule has 0 amide bonds. The van der Waals surface area contributed by atoms with E-state index in [0.29, 0.717) is 5.41 Å². The number of nitrogens with one attached hydrogen (secondary N) is 1. The van der Waals surface area contributed by atoms with E-state index in [-0.39, 0.29) is 0 Å². The van der Waals surface area contributed by atoms with Gasteiger partial charge in [-0.3, -0.25) is 0 Å². The minimum Gasteiger partial charge on any atom is -0.313 e. The fraction of sp³-hybridized carbons (Fsp3) is 1.00. The molecular weight excluding hydrogens is 122 g/mol. The summed E-state index contributed by atoms with van der Waals surface area (Å²) in [6.07, 6.45) is 1.42. The van der Waals surface area contributed by atoms with Gasteiger partial charge in [0.2, 0.25) is 0 Å². The molecule has 0 aromatic heterocycles. The first-order valence-electron chi connectivity index (χ1n) is 4.34. The Bertz CT molecular complexity index is 135. The van der Waals surface area contributed by atoms with Gasteiger partial charge in [0.1, 0.15) is 0 Å². The van der Waals surface area contributed by atoms with Gasteiger partial charge in [0.15, 0.2) is 0 Å². The van der Waals surface area contributed by atoms with Crippen molar-refractivity contribution in [3.63, 3.8) is 0 Å². The van der Waals surface area contributed by atoms with Crippen molar-refractivity contribution in [2.45, 2.75) is 33.2 Å². The molecule has 0 aromatic rings. The Balaban J connectivity index is 2.01. The molecule has 2 rings (SSSR count). The Morgan fingerprint density at radius 1 is 1.30 bits per heavy atom. The first kappa shape index (κ1) is 6.66. The summed E-state index contributed by atoms with van der Waals surface area (Å²) < 4.78 is 0. The largest absolute Gasteiger partial charge is 0.313 e. The highest BCUT2D eigenvalue weighted by Gasteiger charge is 2.57. The van der Waals surface area contributed by atoms with Gasteiger partial charge in [0, 0.05) is 6.04 Å². The van der Waals surface area contributed by atoms with Crippen LogP contribution in [-0.4, -0.2) is 12.6 Å². The lowest BCUT2D eigenvalue weighted by Crippen LogP contribution is -2.22. The number of rotatable bonds is 0. The van der Waals surface area contributed by atoms with Gasteiger partial charge in [-0.1, -0.05) is 20.8 Å². The molecule has 3 unspecified atom stereocenters. The predicted octanol–water partition coefficient (Wildman–Crippen LogP) is 1.64. The normalized spacial score (nSPS) is 45.3. The summed E-state index contributed by atoms with van der Waals surface area (Å²) >= 11 is 0. The second kappa shape index (κ2) is 1.76. The zero-order chi connectivity index (χ0) is 7.35. The first-order chi connectivity index (χ1) is 4.61. The van der Waals surface area contributed by atoms with E-state index in [1.54, 1.807) is 0 Å². The topological polar surface area (TPSA) is 12.0 Å². The molecular formula is C9H17N. The molecule has 1 heteroatoms. The average Bonchev–Trinajstić information content (AvgIpc) is 2.30. The van der Waals surface area contributed by atoms with Crippen LogP contribution in [0.5, 0.6) is 0 Å². The lowest BCUT2D eigenvalue weighted by Gasteiger charge is -2.20. The zero-order valence-electron chi connectivity index (χ0n) is 7.15. The van der Waals surface area contributed by atoms with Crippen molar-refractivity contribution in [1.82, 2.24) is 5.32 Å². The molecule has 0 spiro atoms. The van der Waals surface area contributed by atoms with E-state index in [1.165, 1.54) is 13.0 Å². The molecule has 0 aromatic carbocycles. The van der Waals surface area contributed by atoms with Crippen LogP contribution in [0.25, 0.3) is 0 Å². The van der Waals surface area contributed by atoms with Crippen molar-refractivity contribution in [3.05, 3.63) is 0 Å². The summed E-state index contributed by atoms with van der Waals surface area (Å²) in [4.78, 5) is 0. The molecule has 2 aliphatic rings. The van der Waals surface area contributed by atoms with Crippen LogP contribution in [-0.2, 0) is 0 Å². The predicted molar refractivity (Wildman–Crippen MR) is 42.8 cm³/mol. The van der Waals surface area contributed by atoms with Crippen LogP contribution in [0.1, 0.15) is 27.2 Å². The average molecular weight is 139 g/mol.